The molecule has 1 saturated carbocycles. The molecule has 3 nitrogen and oxygen atoms in total. The van der Waals surface area contributed by atoms with E-state index >= 15 is 0 Å². The first-order valence-corrected chi connectivity index (χ1v) is 5.96. The van der Waals surface area contributed by atoms with Crippen molar-refractivity contribution < 1.29 is 5.11 Å². The number of aliphatic hydroxyl groups is 1. The molecule has 0 heterocycles. The second kappa shape index (κ2) is 6.81. The second-order valence-electron chi connectivity index (χ2n) is 4.60. The summed E-state index contributed by atoms with van der Waals surface area (Å²) in [4.78, 5) is 2.38. The lowest BCUT2D eigenvalue weighted by Gasteiger charge is -2.34. The fraction of sp³-hybridized carbons (Fsp3) is 0.917. The predicted octanol–water partition coefficient (Wildman–Crippen LogP) is 1.77. The highest BCUT2D eigenvalue weighted by Gasteiger charge is 2.22. The molecule has 15 heavy (non-hydrogen) atoms. The highest BCUT2D eigenvalue weighted by Crippen LogP contribution is 2.26. The van der Waals surface area contributed by atoms with Crippen LogP contribution >= 0.6 is 0 Å². The lowest BCUT2D eigenvalue weighted by atomic mass is 9.86. The Kier molecular flexibility index (Phi) is 5.67. The minimum atomic E-state index is 0.352. The average Bonchev–Trinajstić information content (AvgIpc) is 2.29. The summed E-state index contributed by atoms with van der Waals surface area (Å²) in [6.45, 7) is 1.38. The highest BCUT2D eigenvalue weighted by molar-refractivity contribution is 4.78. The normalized spacial score (nSPS) is 26.5. The number of unbranched alkanes of at least 4 members (excludes halogenated alkanes) is 1. The van der Waals surface area contributed by atoms with E-state index in [1.54, 1.807) is 0 Å². The number of nitriles is 1. The molecular weight excluding hydrogens is 188 g/mol. The van der Waals surface area contributed by atoms with E-state index in [1.807, 2.05) is 0 Å². The molecule has 0 aliphatic heterocycles. The number of hydrogen-bond donors (Lipinski definition) is 1. The van der Waals surface area contributed by atoms with E-state index in [9.17, 15) is 0 Å². The molecule has 1 aliphatic rings. The molecule has 1 aliphatic carbocycles. The van der Waals surface area contributed by atoms with Crippen LogP contribution in [0.1, 0.15) is 38.5 Å². The van der Waals surface area contributed by atoms with E-state index in [0.717, 1.165) is 25.8 Å². The van der Waals surface area contributed by atoms with Crippen molar-refractivity contribution in [3.63, 3.8) is 0 Å². The third kappa shape index (κ3) is 4.19. The Morgan fingerprint density at radius 1 is 1.33 bits per heavy atom. The van der Waals surface area contributed by atoms with Crippen LogP contribution in [-0.4, -0.2) is 36.2 Å². The summed E-state index contributed by atoms with van der Waals surface area (Å²) in [7, 11) is 2.15. The Hall–Kier alpha value is -0.590. The summed E-state index contributed by atoms with van der Waals surface area (Å²) in [5.41, 5.74) is 0. The minimum absolute atomic E-state index is 0.352. The molecule has 86 valence electrons. The fourth-order valence-corrected chi connectivity index (χ4v) is 2.36. The highest BCUT2D eigenvalue weighted by atomic mass is 16.3. The summed E-state index contributed by atoms with van der Waals surface area (Å²) in [5.74, 6) is 0.536. The third-order valence-corrected chi connectivity index (χ3v) is 3.50. The van der Waals surface area contributed by atoms with Gasteiger partial charge in [-0.25, -0.2) is 0 Å². The molecule has 3 heteroatoms. The van der Waals surface area contributed by atoms with Crippen LogP contribution in [0.25, 0.3) is 0 Å². The van der Waals surface area contributed by atoms with E-state index in [-0.39, 0.29) is 0 Å². The van der Waals surface area contributed by atoms with Crippen molar-refractivity contribution in [2.75, 3.05) is 20.2 Å². The van der Waals surface area contributed by atoms with Gasteiger partial charge in [-0.05, 0) is 51.6 Å². The largest absolute Gasteiger partial charge is 0.396 e. The molecule has 0 aromatic rings. The van der Waals surface area contributed by atoms with E-state index in [4.69, 9.17) is 10.4 Å². The SMILES string of the molecule is CN(CCCC#N)C1CCC(CO)CC1. The van der Waals surface area contributed by atoms with Crippen molar-refractivity contribution in [1.82, 2.24) is 4.90 Å². The van der Waals surface area contributed by atoms with Crippen LogP contribution in [0.15, 0.2) is 0 Å². The van der Waals surface area contributed by atoms with E-state index < -0.39 is 0 Å². The zero-order valence-corrected chi connectivity index (χ0v) is 9.65. The van der Waals surface area contributed by atoms with Crippen molar-refractivity contribution in [3.8, 4) is 6.07 Å². The first-order valence-electron chi connectivity index (χ1n) is 5.96. The third-order valence-electron chi connectivity index (χ3n) is 3.50. The maximum Gasteiger partial charge on any atom is 0.0622 e. The molecule has 0 aromatic carbocycles. The molecule has 1 rings (SSSR count). The van der Waals surface area contributed by atoms with Crippen LogP contribution in [0.3, 0.4) is 0 Å². The van der Waals surface area contributed by atoms with Crippen LogP contribution in [-0.2, 0) is 0 Å². The summed E-state index contributed by atoms with van der Waals surface area (Å²) in [6.07, 6.45) is 6.36. The van der Waals surface area contributed by atoms with Crippen LogP contribution in [0.2, 0.25) is 0 Å². The van der Waals surface area contributed by atoms with Crippen molar-refractivity contribution in [1.29, 1.82) is 5.26 Å². The second-order valence-corrected chi connectivity index (χ2v) is 4.60. The van der Waals surface area contributed by atoms with Gasteiger partial charge in [-0.1, -0.05) is 0 Å². The van der Waals surface area contributed by atoms with Gasteiger partial charge in [0.15, 0.2) is 0 Å². The molecule has 1 N–H and O–H groups in total. The zero-order valence-electron chi connectivity index (χ0n) is 9.65. The van der Waals surface area contributed by atoms with Crippen LogP contribution in [0.4, 0.5) is 0 Å². The average molecular weight is 210 g/mol. The first-order chi connectivity index (χ1) is 7.27. The van der Waals surface area contributed by atoms with Gasteiger partial charge in [-0.3, -0.25) is 0 Å². The first kappa shape index (κ1) is 12.5. The number of aliphatic hydroxyl groups excluding tert-OH is 1. The molecule has 0 spiro atoms. The maximum absolute atomic E-state index is 9.04. The van der Waals surface area contributed by atoms with Crippen LogP contribution in [0.5, 0.6) is 0 Å². The summed E-state index contributed by atoms with van der Waals surface area (Å²) in [6, 6.07) is 2.86. The fourth-order valence-electron chi connectivity index (χ4n) is 2.36. The summed E-state index contributed by atoms with van der Waals surface area (Å²) in [5, 5.41) is 17.5. The molecule has 0 amide bonds. The van der Waals surface area contributed by atoms with Gasteiger partial charge < -0.3 is 10.0 Å². The lowest BCUT2D eigenvalue weighted by molar-refractivity contribution is 0.127. The Labute approximate surface area is 92.7 Å². The Balaban J connectivity index is 2.18. The van der Waals surface area contributed by atoms with Crippen LogP contribution in [0, 0.1) is 17.2 Å². The Morgan fingerprint density at radius 2 is 2.00 bits per heavy atom. The zero-order chi connectivity index (χ0) is 11.1. The number of nitrogens with zero attached hydrogens (tertiary/aromatic N) is 2. The number of rotatable bonds is 5. The van der Waals surface area contributed by atoms with Crippen molar-refractivity contribution in [3.05, 3.63) is 0 Å². The molecule has 0 aromatic heterocycles. The Bertz CT molecular complexity index is 204. The van der Waals surface area contributed by atoms with Gasteiger partial charge in [-0.2, -0.15) is 5.26 Å². The summed E-state index contributed by atoms with van der Waals surface area (Å²) >= 11 is 0. The molecule has 0 atom stereocenters. The topological polar surface area (TPSA) is 47.3 Å². The van der Waals surface area contributed by atoms with Gasteiger partial charge in [0.25, 0.3) is 0 Å². The number of hydrogen-bond acceptors (Lipinski definition) is 3. The van der Waals surface area contributed by atoms with Gasteiger partial charge in [0, 0.05) is 19.1 Å². The van der Waals surface area contributed by atoms with Crippen molar-refractivity contribution in [2.24, 2.45) is 5.92 Å². The van der Waals surface area contributed by atoms with Gasteiger partial charge in [-0.15, -0.1) is 0 Å². The molecular formula is C12H22N2O. The van der Waals surface area contributed by atoms with E-state index in [2.05, 4.69) is 18.0 Å². The van der Waals surface area contributed by atoms with E-state index in [1.165, 1.54) is 12.8 Å². The van der Waals surface area contributed by atoms with Crippen LogP contribution < -0.4 is 0 Å². The van der Waals surface area contributed by atoms with Gasteiger partial charge in [0.2, 0.25) is 0 Å². The molecule has 0 unspecified atom stereocenters. The minimum Gasteiger partial charge on any atom is -0.396 e. The molecule has 0 bridgehead atoms. The molecule has 0 radical (unpaired) electrons. The maximum atomic E-state index is 9.04. The van der Waals surface area contributed by atoms with Gasteiger partial charge in [0.05, 0.1) is 6.07 Å². The Morgan fingerprint density at radius 3 is 2.53 bits per heavy atom. The van der Waals surface area contributed by atoms with Crippen molar-refractivity contribution in [2.45, 2.75) is 44.6 Å². The monoisotopic (exact) mass is 210 g/mol. The summed E-state index contributed by atoms with van der Waals surface area (Å²) < 4.78 is 0. The standard InChI is InChI=1S/C12H22N2O/c1-14(9-3-2-8-13)12-6-4-11(10-15)5-7-12/h11-12,15H,2-7,9-10H2,1H3. The predicted molar refractivity (Wildman–Crippen MR) is 60.3 cm³/mol. The quantitative estimate of drug-likeness (QED) is 0.703. The molecule has 0 saturated heterocycles. The molecule has 1 fully saturated rings. The smallest absolute Gasteiger partial charge is 0.0622 e. The lowest BCUT2D eigenvalue weighted by Crippen LogP contribution is -2.36. The van der Waals surface area contributed by atoms with Gasteiger partial charge >= 0.3 is 0 Å². The van der Waals surface area contributed by atoms with E-state index in [0.29, 0.717) is 25.0 Å². The van der Waals surface area contributed by atoms with Gasteiger partial charge in [0.1, 0.15) is 0 Å². The van der Waals surface area contributed by atoms with Crippen molar-refractivity contribution >= 4 is 0 Å².